The Morgan fingerprint density at radius 2 is 1.97 bits per heavy atom. The van der Waals surface area contributed by atoms with E-state index in [-0.39, 0.29) is 23.9 Å². The molecule has 1 saturated heterocycles. The van der Waals surface area contributed by atoms with Gasteiger partial charge in [0.1, 0.15) is 0 Å². The molecule has 1 unspecified atom stereocenters. The number of nitrogens with one attached hydrogen (secondary N) is 2. The van der Waals surface area contributed by atoms with Crippen LogP contribution >= 0.6 is 0 Å². The van der Waals surface area contributed by atoms with Gasteiger partial charge in [-0.3, -0.25) is 14.6 Å². The lowest BCUT2D eigenvalue weighted by Crippen LogP contribution is -2.38. The highest BCUT2D eigenvalue weighted by molar-refractivity contribution is 5.76. The number of H-pyrrole nitrogens is 1. The highest BCUT2D eigenvalue weighted by Gasteiger charge is 2.18. The summed E-state index contributed by atoms with van der Waals surface area (Å²) in [6, 6.07) is 10.1. The van der Waals surface area contributed by atoms with Crippen LogP contribution < -0.4 is 15.8 Å². The van der Waals surface area contributed by atoms with Gasteiger partial charge >= 0.3 is 0 Å². The third-order valence-electron chi connectivity index (χ3n) is 5.76. The molecular formula is C24H34N4O3. The summed E-state index contributed by atoms with van der Waals surface area (Å²) in [4.78, 5) is 34.8. The number of aryl methyl sites for hydroxylation is 1. The van der Waals surface area contributed by atoms with Crippen LogP contribution in [0.4, 0.5) is 5.95 Å². The van der Waals surface area contributed by atoms with Gasteiger partial charge in [0.05, 0.1) is 19.3 Å². The van der Waals surface area contributed by atoms with Crippen LogP contribution in [0.25, 0.3) is 0 Å². The van der Waals surface area contributed by atoms with E-state index in [1.165, 1.54) is 0 Å². The molecule has 168 valence electrons. The molecule has 1 aliphatic heterocycles. The van der Waals surface area contributed by atoms with Crippen LogP contribution in [0.2, 0.25) is 0 Å². The topological polar surface area (TPSA) is 87.3 Å². The SMILES string of the molecule is CCCCCC(NC(=O)CCc1c(C)nc(N2CCOCC2)[nH]c1=O)c1ccccc1. The van der Waals surface area contributed by atoms with E-state index in [0.717, 1.165) is 31.2 Å². The van der Waals surface area contributed by atoms with E-state index in [1.807, 2.05) is 30.0 Å². The maximum absolute atomic E-state index is 12.7. The Balaban J connectivity index is 1.61. The third kappa shape index (κ3) is 6.66. The maximum atomic E-state index is 12.7. The number of benzene rings is 1. The second-order valence-electron chi connectivity index (χ2n) is 8.08. The minimum absolute atomic E-state index is 0.00135. The molecule has 0 aliphatic carbocycles. The van der Waals surface area contributed by atoms with Crippen molar-refractivity contribution in [2.24, 2.45) is 0 Å². The summed E-state index contributed by atoms with van der Waals surface area (Å²) in [5, 5.41) is 3.17. The molecule has 7 nitrogen and oxygen atoms in total. The fraction of sp³-hybridized carbons (Fsp3) is 0.542. The molecule has 1 amide bonds. The number of nitrogens with zero attached hydrogens (tertiary/aromatic N) is 2. The Kier molecular flexibility index (Phi) is 8.64. The molecule has 2 heterocycles. The number of hydrogen-bond acceptors (Lipinski definition) is 5. The van der Waals surface area contributed by atoms with Crippen molar-refractivity contribution < 1.29 is 9.53 Å². The minimum atomic E-state index is -0.163. The van der Waals surface area contributed by atoms with E-state index >= 15 is 0 Å². The van der Waals surface area contributed by atoms with E-state index in [9.17, 15) is 9.59 Å². The van der Waals surface area contributed by atoms with Crippen LogP contribution in [0, 0.1) is 6.92 Å². The van der Waals surface area contributed by atoms with E-state index in [1.54, 1.807) is 0 Å². The number of aromatic amines is 1. The van der Waals surface area contributed by atoms with E-state index in [4.69, 9.17) is 4.74 Å². The monoisotopic (exact) mass is 426 g/mol. The van der Waals surface area contributed by atoms with Crippen LogP contribution in [0.5, 0.6) is 0 Å². The number of carbonyl (C=O) groups is 1. The first-order valence-electron chi connectivity index (χ1n) is 11.3. The van der Waals surface area contributed by atoms with Crippen molar-refractivity contribution in [3.8, 4) is 0 Å². The smallest absolute Gasteiger partial charge is 0.255 e. The summed E-state index contributed by atoms with van der Waals surface area (Å²) in [6.45, 7) is 6.70. The van der Waals surface area contributed by atoms with E-state index < -0.39 is 0 Å². The quantitative estimate of drug-likeness (QED) is 0.569. The summed E-state index contributed by atoms with van der Waals surface area (Å²) >= 11 is 0. The number of carbonyl (C=O) groups excluding carboxylic acids is 1. The van der Waals surface area contributed by atoms with Crippen molar-refractivity contribution in [1.29, 1.82) is 0 Å². The molecule has 0 saturated carbocycles. The summed E-state index contributed by atoms with van der Waals surface area (Å²) in [5.41, 5.74) is 2.22. The number of morpholine rings is 1. The van der Waals surface area contributed by atoms with Gasteiger partial charge in [0.2, 0.25) is 11.9 Å². The predicted molar refractivity (Wildman–Crippen MR) is 122 cm³/mol. The molecule has 1 aromatic carbocycles. The highest BCUT2D eigenvalue weighted by Crippen LogP contribution is 2.20. The van der Waals surface area contributed by atoms with E-state index in [2.05, 4.69) is 34.3 Å². The third-order valence-corrected chi connectivity index (χ3v) is 5.76. The Labute approximate surface area is 184 Å². The lowest BCUT2D eigenvalue weighted by atomic mass is 10.00. The minimum Gasteiger partial charge on any atom is -0.378 e. The van der Waals surface area contributed by atoms with Crippen LogP contribution in [-0.4, -0.2) is 42.2 Å². The van der Waals surface area contributed by atoms with Crippen molar-refractivity contribution >= 4 is 11.9 Å². The van der Waals surface area contributed by atoms with Crippen molar-refractivity contribution in [3.63, 3.8) is 0 Å². The van der Waals surface area contributed by atoms with Crippen molar-refractivity contribution in [2.75, 3.05) is 31.2 Å². The number of anilines is 1. The summed E-state index contributed by atoms with van der Waals surface area (Å²) in [5.74, 6) is 0.542. The number of hydrogen-bond donors (Lipinski definition) is 2. The van der Waals surface area contributed by atoms with Gasteiger partial charge in [-0.25, -0.2) is 4.98 Å². The molecule has 2 N–H and O–H groups in total. The highest BCUT2D eigenvalue weighted by atomic mass is 16.5. The molecule has 1 fully saturated rings. The van der Waals surface area contributed by atoms with Gasteiger partial charge in [-0.2, -0.15) is 0 Å². The Hall–Kier alpha value is -2.67. The van der Waals surface area contributed by atoms with Crippen molar-refractivity contribution in [1.82, 2.24) is 15.3 Å². The number of ether oxygens (including phenoxy) is 1. The molecule has 1 aromatic heterocycles. The zero-order chi connectivity index (χ0) is 22.1. The van der Waals surface area contributed by atoms with Gasteiger partial charge in [-0.05, 0) is 25.3 Å². The maximum Gasteiger partial charge on any atom is 0.255 e. The molecule has 1 atom stereocenters. The normalized spacial score (nSPS) is 15.0. The van der Waals surface area contributed by atoms with Crippen LogP contribution in [0.1, 0.15) is 61.9 Å². The standard InChI is InChI=1S/C24H34N4O3/c1-3-4-6-11-21(19-9-7-5-8-10-19)26-22(29)13-12-20-18(2)25-24(27-23(20)30)28-14-16-31-17-15-28/h5,7-10,21H,3-4,6,11-17H2,1-2H3,(H,26,29)(H,25,27,30). The molecule has 7 heteroatoms. The van der Waals surface area contributed by atoms with Crippen LogP contribution in [-0.2, 0) is 16.0 Å². The predicted octanol–water partition coefficient (Wildman–Crippen LogP) is 3.29. The van der Waals surface area contributed by atoms with Gasteiger partial charge in [-0.15, -0.1) is 0 Å². The summed E-state index contributed by atoms with van der Waals surface area (Å²) < 4.78 is 5.36. The zero-order valence-electron chi connectivity index (χ0n) is 18.7. The van der Waals surface area contributed by atoms with E-state index in [0.29, 0.717) is 49.9 Å². The first-order chi connectivity index (χ1) is 15.1. The molecule has 0 radical (unpaired) electrons. The summed E-state index contributed by atoms with van der Waals surface area (Å²) in [6.07, 6.45) is 4.92. The largest absolute Gasteiger partial charge is 0.378 e. The number of aromatic nitrogens is 2. The molecule has 0 spiro atoms. The number of unbranched alkanes of at least 4 members (excludes halogenated alkanes) is 2. The molecule has 2 aromatic rings. The van der Waals surface area contributed by atoms with Gasteiger partial charge in [-0.1, -0.05) is 56.5 Å². The summed E-state index contributed by atoms with van der Waals surface area (Å²) in [7, 11) is 0. The first-order valence-corrected chi connectivity index (χ1v) is 11.3. The molecule has 31 heavy (non-hydrogen) atoms. The molecule has 0 bridgehead atoms. The fourth-order valence-electron chi connectivity index (χ4n) is 3.93. The lowest BCUT2D eigenvalue weighted by Gasteiger charge is -2.27. The lowest BCUT2D eigenvalue weighted by molar-refractivity contribution is -0.121. The zero-order valence-corrected chi connectivity index (χ0v) is 18.7. The average molecular weight is 427 g/mol. The van der Waals surface area contributed by atoms with Crippen LogP contribution in [0.3, 0.4) is 0 Å². The van der Waals surface area contributed by atoms with Crippen molar-refractivity contribution in [3.05, 3.63) is 57.5 Å². The average Bonchev–Trinajstić information content (AvgIpc) is 2.79. The van der Waals surface area contributed by atoms with Crippen molar-refractivity contribution in [2.45, 2.75) is 58.4 Å². The number of rotatable bonds is 10. The first kappa shape index (κ1) is 23.0. The Morgan fingerprint density at radius 1 is 1.23 bits per heavy atom. The molecular weight excluding hydrogens is 392 g/mol. The Morgan fingerprint density at radius 3 is 2.65 bits per heavy atom. The Bertz CT molecular complexity index is 891. The van der Waals surface area contributed by atoms with Gasteiger partial charge < -0.3 is 15.0 Å². The van der Waals surface area contributed by atoms with Crippen LogP contribution in [0.15, 0.2) is 35.1 Å². The second-order valence-corrected chi connectivity index (χ2v) is 8.08. The van der Waals surface area contributed by atoms with Gasteiger partial charge in [0.25, 0.3) is 5.56 Å². The number of amides is 1. The van der Waals surface area contributed by atoms with Gasteiger partial charge in [0.15, 0.2) is 0 Å². The fourth-order valence-corrected chi connectivity index (χ4v) is 3.93. The molecule has 3 rings (SSSR count). The van der Waals surface area contributed by atoms with Gasteiger partial charge in [0, 0.05) is 30.8 Å². The molecule has 1 aliphatic rings. The second kappa shape index (κ2) is 11.6.